The van der Waals surface area contributed by atoms with Gasteiger partial charge >= 0.3 is 0 Å². The van der Waals surface area contributed by atoms with Crippen molar-refractivity contribution < 1.29 is 9.47 Å². The average molecular weight is 286 g/mol. The largest absolute Gasteiger partial charge is 0.490 e. The molecule has 0 fully saturated rings. The lowest BCUT2D eigenvalue weighted by Gasteiger charge is -2.15. The number of ether oxygens (including phenoxy) is 2. The molecule has 0 amide bonds. The van der Waals surface area contributed by atoms with E-state index in [-0.39, 0.29) is 6.04 Å². The molecule has 1 rings (SSSR count). The highest BCUT2D eigenvalue weighted by Crippen LogP contribution is 2.26. The molecule has 3 nitrogen and oxygen atoms in total. The molecule has 2 N–H and O–H groups in total. The normalized spacial score (nSPS) is 12.7. The molecule has 0 aliphatic carbocycles. The van der Waals surface area contributed by atoms with Gasteiger partial charge in [-0.3, -0.25) is 0 Å². The Morgan fingerprint density at radius 2 is 2.00 bits per heavy atom. The minimum Gasteiger partial charge on any atom is -0.490 e. The summed E-state index contributed by atoms with van der Waals surface area (Å²) in [6.07, 6.45) is 1.86. The van der Waals surface area contributed by atoms with Crippen molar-refractivity contribution in [1.29, 1.82) is 0 Å². The number of benzene rings is 1. The second kappa shape index (κ2) is 8.41. The minimum absolute atomic E-state index is 0.174. The second-order valence-electron chi connectivity index (χ2n) is 5.20. The third-order valence-corrected chi connectivity index (χ3v) is 3.12. The van der Waals surface area contributed by atoms with E-state index in [1.54, 1.807) is 7.11 Å². The van der Waals surface area contributed by atoms with Crippen molar-refractivity contribution in [2.24, 2.45) is 11.7 Å². The summed E-state index contributed by atoms with van der Waals surface area (Å²) < 4.78 is 10.5. The van der Waals surface area contributed by atoms with Crippen molar-refractivity contribution in [2.75, 3.05) is 20.3 Å². The summed E-state index contributed by atoms with van der Waals surface area (Å²) in [4.78, 5) is 0. The zero-order valence-corrected chi connectivity index (χ0v) is 12.7. The molecule has 4 heteroatoms. The Hall–Kier alpha value is -0.770. The molecule has 0 aliphatic heterocycles. The highest BCUT2D eigenvalue weighted by molar-refractivity contribution is 6.32. The lowest BCUT2D eigenvalue weighted by molar-refractivity contribution is 0.146. The standard InChI is InChI=1S/C15H24ClNO2/c1-11(2)8-13(17)9-12-4-5-14(16)15(10-12)19-7-6-18-3/h4-5,10-11,13H,6-9,17H2,1-3H3/t13-/m1/s1. The number of nitrogens with two attached hydrogens (primary N) is 1. The Kier molecular flexibility index (Phi) is 7.21. The summed E-state index contributed by atoms with van der Waals surface area (Å²) in [6, 6.07) is 6.01. The Morgan fingerprint density at radius 1 is 1.26 bits per heavy atom. The van der Waals surface area contributed by atoms with Crippen LogP contribution in [-0.4, -0.2) is 26.4 Å². The van der Waals surface area contributed by atoms with Crippen molar-refractivity contribution in [3.63, 3.8) is 0 Å². The molecule has 108 valence electrons. The van der Waals surface area contributed by atoms with Crippen molar-refractivity contribution in [3.05, 3.63) is 28.8 Å². The van der Waals surface area contributed by atoms with Crippen LogP contribution in [0.4, 0.5) is 0 Å². The van der Waals surface area contributed by atoms with Gasteiger partial charge in [0.05, 0.1) is 11.6 Å². The van der Waals surface area contributed by atoms with Gasteiger partial charge in [0, 0.05) is 13.2 Å². The Balaban J connectivity index is 2.61. The summed E-state index contributed by atoms with van der Waals surface area (Å²) in [5.74, 6) is 1.31. The number of hydrogen-bond acceptors (Lipinski definition) is 3. The summed E-state index contributed by atoms with van der Waals surface area (Å²) in [7, 11) is 1.65. The predicted molar refractivity (Wildman–Crippen MR) is 80.0 cm³/mol. The van der Waals surface area contributed by atoms with Gasteiger partial charge < -0.3 is 15.2 Å². The monoisotopic (exact) mass is 285 g/mol. The smallest absolute Gasteiger partial charge is 0.138 e. The van der Waals surface area contributed by atoms with Crippen LogP contribution in [0, 0.1) is 5.92 Å². The molecule has 0 heterocycles. The van der Waals surface area contributed by atoms with Gasteiger partial charge in [0.2, 0.25) is 0 Å². The van der Waals surface area contributed by atoms with Crippen LogP contribution in [0.25, 0.3) is 0 Å². The van der Waals surface area contributed by atoms with Crippen molar-refractivity contribution in [1.82, 2.24) is 0 Å². The molecule has 0 aliphatic rings. The maximum absolute atomic E-state index is 6.12. The molecule has 1 atom stereocenters. The molecule has 0 bridgehead atoms. The maximum atomic E-state index is 6.12. The fourth-order valence-corrected chi connectivity index (χ4v) is 2.18. The zero-order valence-electron chi connectivity index (χ0n) is 12.0. The fourth-order valence-electron chi connectivity index (χ4n) is 2.01. The first-order valence-corrected chi connectivity index (χ1v) is 7.06. The van der Waals surface area contributed by atoms with Gasteiger partial charge in [0.15, 0.2) is 0 Å². The molecule has 0 saturated carbocycles. The first-order chi connectivity index (χ1) is 9.02. The van der Waals surface area contributed by atoms with E-state index in [2.05, 4.69) is 13.8 Å². The lowest BCUT2D eigenvalue weighted by atomic mass is 9.98. The van der Waals surface area contributed by atoms with Gasteiger partial charge in [-0.1, -0.05) is 31.5 Å². The number of rotatable bonds is 8. The van der Waals surface area contributed by atoms with Crippen molar-refractivity contribution in [2.45, 2.75) is 32.7 Å². The van der Waals surface area contributed by atoms with Gasteiger partial charge in [0.1, 0.15) is 12.4 Å². The third-order valence-electron chi connectivity index (χ3n) is 2.81. The van der Waals surface area contributed by atoms with Crippen LogP contribution < -0.4 is 10.5 Å². The fraction of sp³-hybridized carbons (Fsp3) is 0.600. The van der Waals surface area contributed by atoms with Gasteiger partial charge in [0.25, 0.3) is 0 Å². The molecule has 0 saturated heterocycles. The summed E-state index contributed by atoms with van der Waals surface area (Å²) in [5.41, 5.74) is 7.28. The second-order valence-corrected chi connectivity index (χ2v) is 5.61. The highest BCUT2D eigenvalue weighted by atomic mass is 35.5. The van der Waals surface area contributed by atoms with E-state index in [0.29, 0.717) is 29.9 Å². The van der Waals surface area contributed by atoms with E-state index >= 15 is 0 Å². The van der Waals surface area contributed by atoms with Gasteiger partial charge in [-0.2, -0.15) is 0 Å². The van der Waals surface area contributed by atoms with E-state index in [1.807, 2.05) is 18.2 Å². The molecular weight excluding hydrogens is 262 g/mol. The van der Waals surface area contributed by atoms with Crippen LogP contribution in [0.15, 0.2) is 18.2 Å². The topological polar surface area (TPSA) is 44.5 Å². The van der Waals surface area contributed by atoms with Gasteiger partial charge in [-0.25, -0.2) is 0 Å². The highest BCUT2D eigenvalue weighted by Gasteiger charge is 2.09. The molecule has 1 aromatic rings. The molecule has 0 spiro atoms. The molecule has 0 radical (unpaired) electrons. The maximum Gasteiger partial charge on any atom is 0.138 e. The molecule has 19 heavy (non-hydrogen) atoms. The molecular formula is C15H24ClNO2. The molecule has 1 aromatic carbocycles. The number of hydrogen-bond donors (Lipinski definition) is 1. The van der Waals surface area contributed by atoms with E-state index < -0.39 is 0 Å². The summed E-state index contributed by atoms with van der Waals surface area (Å²) in [6.45, 7) is 5.41. The molecule has 0 unspecified atom stereocenters. The number of halogens is 1. The summed E-state index contributed by atoms with van der Waals surface area (Å²) in [5, 5.41) is 0.622. The zero-order chi connectivity index (χ0) is 14.3. The van der Waals surface area contributed by atoms with E-state index in [0.717, 1.165) is 18.4 Å². The van der Waals surface area contributed by atoms with Crippen LogP contribution in [0.1, 0.15) is 25.8 Å². The first-order valence-electron chi connectivity index (χ1n) is 6.68. The van der Waals surface area contributed by atoms with E-state index in [9.17, 15) is 0 Å². The van der Waals surface area contributed by atoms with Crippen LogP contribution >= 0.6 is 11.6 Å². The first kappa shape index (κ1) is 16.3. The van der Waals surface area contributed by atoms with Crippen LogP contribution in [0.3, 0.4) is 0 Å². The van der Waals surface area contributed by atoms with Crippen molar-refractivity contribution in [3.8, 4) is 5.75 Å². The van der Waals surface area contributed by atoms with E-state index in [1.165, 1.54) is 0 Å². The SMILES string of the molecule is COCCOc1cc(C[C@H](N)CC(C)C)ccc1Cl. The molecule has 0 aromatic heterocycles. The average Bonchev–Trinajstić information content (AvgIpc) is 2.32. The van der Waals surface area contributed by atoms with E-state index in [4.69, 9.17) is 26.8 Å². The Labute approximate surface area is 121 Å². The lowest BCUT2D eigenvalue weighted by Crippen LogP contribution is -2.24. The van der Waals surface area contributed by atoms with Crippen molar-refractivity contribution >= 4 is 11.6 Å². The van der Waals surface area contributed by atoms with Crippen LogP contribution in [-0.2, 0) is 11.2 Å². The quantitative estimate of drug-likeness (QED) is 0.746. The van der Waals surface area contributed by atoms with Gasteiger partial charge in [-0.05, 0) is 36.5 Å². The predicted octanol–water partition coefficient (Wildman–Crippen LogP) is 3.28. The van der Waals surface area contributed by atoms with Gasteiger partial charge in [-0.15, -0.1) is 0 Å². The van der Waals surface area contributed by atoms with Crippen LogP contribution in [0.5, 0.6) is 5.75 Å². The minimum atomic E-state index is 0.174. The Bertz CT molecular complexity index is 382. The third kappa shape index (κ3) is 6.28. The summed E-state index contributed by atoms with van der Waals surface area (Å²) >= 11 is 6.10. The Morgan fingerprint density at radius 3 is 2.63 bits per heavy atom. The number of methoxy groups -OCH3 is 1. The van der Waals surface area contributed by atoms with Crippen LogP contribution in [0.2, 0.25) is 5.02 Å².